The van der Waals surface area contributed by atoms with E-state index in [-0.39, 0.29) is 18.9 Å². The summed E-state index contributed by atoms with van der Waals surface area (Å²) >= 11 is 12.4. The highest BCUT2D eigenvalue weighted by atomic mass is 35.5. The van der Waals surface area contributed by atoms with Gasteiger partial charge in [-0.2, -0.15) is 13.2 Å². The van der Waals surface area contributed by atoms with E-state index in [1.54, 1.807) is 24.3 Å². The Kier molecular flexibility index (Phi) is 8.10. The molecule has 0 unspecified atom stereocenters. The number of imidazole rings is 1. The van der Waals surface area contributed by atoms with E-state index in [4.69, 9.17) is 28.2 Å². The monoisotopic (exact) mass is 547 g/mol. The molecule has 3 aromatic carbocycles. The number of alkyl halides is 3. The van der Waals surface area contributed by atoms with E-state index in [1.165, 1.54) is 13.2 Å². The first-order valence-electron chi connectivity index (χ1n) is 11.2. The Morgan fingerprint density at radius 1 is 1.03 bits per heavy atom. The molecule has 0 amide bonds. The molecule has 192 valence electrons. The molecular formula is C27H22Cl2F3N3O2. The Balaban J connectivity index is 1.64. The lowest BCUT2D eigenvalue weighted by Crippen LogP contribution is -2.14. The van der Waals surface area contributed by atoms with Crippen LogP contribution in [0, 0.1) is 0 Å². The molecule has 1 heterocycles. The largest absolute Gasteiger partial charge is 0.468 e. The van der Waals surface area contributed by atoms with Crippen molar-refractivity contribution in [2.24, 2.45) is 0 Å². The number of nitrogens with one attached hydrogen (secondary N) is 1. The van der Waals surface area contributed by atoms with E-state index in [9.17, 15) is 18.0 Å². The first kappa shape index (κ1) is 26.6. The first-order valence-corrected chi connectivity index (χ1v) is 11.9. The number of carbonyl (C=O) groups is 1. The molecule has 1 aromatic heterocycles. The van der Waals surface area contributed by atoms with Crippen LogP contribution < -0.4 is 5.32 Å². The van der Waals surface area contributed by atoms with Crippen molar-refractivity contribution in [1.82, 2.24) is 9.55 Å². The normalized spacial score (nSPS) is 11.4. The summed E-state index contributed by atoms with van der Waals surface area (Å²) in [6.07, 6.45) is -2.42. The van der Waals surface area contributed by atoms with Crippen molar-refractivity contribution in [2.75, 3.05) is 19.0 Å². The van der Waals surface area contributed by atoms with Gasteiger partial charge in [-0.1, -0.05) is 53.5 Å². The van der Waals surface area contributed by atoms with Crippen LogP contribution in [0.15, 0.2) is 72.9 Å². The minimum Gasteiger partial charge on any atom is -0.468 e. The van der Waals surface area contributed by atoms with E-state index in [0.29, 0.717) is 39.2 Å². The third-order valence-corrected chi connectivity index (χ3v) is 6.20. The number of nitrogens with zero attached hydrogens (tertiary/aromatic N) is 2. The van der Waals surface area contributed by atoms with Crippen molar-refractivity contribution < 1.29 is 22.7 Å². The summed E-state index contributed by atoms with van der Waals surface area (Å²) in [6.45, 7) is 0.466. The summed E-state index contributed by atoms with van der Waals surface area (Å²) < 4.78 is 46.3. The fraction of sp³-hybridized carbons (Fsp3) is 0.185. The number of hydrogen-bond acceptors (Lipinski definition) is 4. The van der Waals surface area contributed by atoms with Crippen LogP contribution in [0.25, 0.3) is 11.3 Å². The predicted molar refractivity (Wildman–Crippen MR) is 138 cm³/mol. The minimum atomic E-state index is -4.43. The number of hydrogen-bond donors (Lipinski definition) is 1. The molecule has 37 heavy (non-hydrogen) atoms. The topological polar surface area (TPSA) is 56.1 Å². The number of methoxy groups -OCH3 is 1. The van der Waals surface area contributed by atoms with Crippen LogP contribution >= 0.6 is 23.2 Å². The molecule has 0 fully saturated rings. The molecule has 0 saturated heterocycles. The molecule has 5 nitrogen and oxygen atoms in total. The Bertz CT molecular complexity index is 1400. The van der Waals surface area contributed by atoms with E-state index < -0.39 is 11.7 Å². The Labute approximate surface area is 221 Å². The second kappa shape index (κ2) is 11.3. The van der Waals surface area contributed by atoms with Gasteiger partial charge in [0.2, 0.25) is 0 Å². The van der Waals surface area contributed by atoms with Crippen molar-refractivity contribution in [1.29, 1.82) is 0 Å². The molecular weight excluding hydrogens is 526 g/mol. The minimum absolute atomic E-state index is 0.0454. The molecule has 0 radical (unpaired) electrons. The molecule has 0 saturated carbocycles. The molecule has 10 heteroatoms. The van der Waals surface area contributed by atoms with Crippen LogP contribution in [0.5, 0.6) is 0 Å². The number of esters is 1. The zero-order valence-electron chi connectivity index (χ0n) is 19.7. The first-order chi connectivity index (χ1) is 17.6. The molecule has 0 spiro atoms. The molecule has 0 aliphatic carbocycles. The number of ether oxygens (including phenoxy) is 1. The van der Waals surface area contributed by atoms with Gasteiger partial charge in [-0.15, -0.1) is 0 Å². The van der Waals surface area contributed by atoms with Crippen molar-refractivity contribution in [3.05, 3.63) is 105 Å². The fourth-order valence-corrected chi connectivity index (χ4v) is 4.28. The molecule has 0 aliphatic rings. The van der Waals surface area contributed by atoms with Gasteiger partial charge in [0.05, 0.1) is 23.4 Å². The van der Waals surface area contributed by atoms with Crippen molar-refractivity contribution in [2.45, 2.75) is 19.1 Å². The van der Waals surface area contributed by atoms with Crippen LogP contribution in [-0.4, -0.2) is 29.2 Å². The summed E-state index contributed by atoms with van der Waals surface area (Å²) in [5, 5.41) is 3.88. The average molecular weight is 548 g/mol. The quantitative estimate of drug-likeness (QED) is 0.239. The Morgan fingerprint density at radius 3 is 2.46 bits per heavy atom. The highest BCUT2D eigenvalue weighted by Gasteiger charge is 2.30. The second-order valence-corrected chi connectivity index (χ2v) is 9.14. The lowest BCUT2D eigenvalue weighted by molar-refractivity contribution is -0.139. The van der Waals surface area contributed by atoms with Crippen LogP contribution in [0.3, 0.4) is 0 Å². The maximum Gasteiger partial charge on any atom is 0.416 e. The third-order valence-electron chi connectivity index (χ3n) is 5.65. The predicted octanol–water partition coefficient (Wildman–Crippen LogP) is 7.10. The highest BCUT2D eigenvalue weighted by Crippen LogP contribution is 2.32. The van der Waals surface area contributed by atoms with Gasteiger partial charge in [0.1, 0.15) is 12.4 Å². The van der Waals surface area contributed by atoms with Gasteiger partial charge in [-0.25, -0.2) is 4.98 Å². The standard InChI is InChI=1S/C27H22Cl2F3N3O2/c1-37-26(36)14-33-21-8-5-17(6-9-21)15-35-16-24(22-10-7-20(28)13-23(22)29)34-25(35)12-18-3-2-4-19(11-18)27(30,31)32/h2-11,13,16,33H,12,14-15H2,1H3. The van der Waals surface area contributed by atoms with Gasteiger partial charge >= 0.3 is 12.1 Å². The number of benzene rings is 3. The highest BCUT2D eigenvalue weighted by molar-refractivity contribution is 6.36. The van der Waals surface area contributed by atoms with Crippen molar-refractivity contribution >= 4 is 34.9 Å². The van der Waals surface area contributed by atoms with Crippen LogP contribution in [0.1, 0.15) is 22.5 Å². The summed E-state index contributed by atoms with van der Waals surface area (Å²) in [6, 6.07) is 17.7. The van der Waals surface area contributed by atoms with Gasteiger partial charge in [0.25, 0.3) is 0 Å². The van der Waals surface area contributed by atoms with Crippen LogP contribution in [0.2, 0.25) is 10.0 Å². The second-order valence-electron chi connectivity index (χ2n) is 8.30. The van der Waals surface area contributed by atoms with Crippen LogP contribution in [-0.2, 0) is 28.7 Å². The average Bonchev–Trinajstić information content (AvgIpc) is 3.24. The van der Waals surface area contributed by atoms with E-state index in [2.05, 4.69) is 10.1 Å². The van der Waals surface area contributed by atoms with E-state index in [0.717, 1.165) is 23.4 Å². The van der Waals surface area contributed by atoms with Crippen molar-refractivity contribution in [3.8, 4) is 11.3 Å². The number of aromatic nitrogens is 2. The third kappa shape index (κ3) is 6.84. The Morgan fingerprint density at radius 2 is 1.78 bits per heavy atom. The summed E-state index contributed by atoms with van der Waals surface area (Å²) in [4.78, 5) is 16.1. The summed E-state index contributed by atoms with van der Waals surface area (Å²) in [5.41, 5.74) is 2.70. The lowest BCUT2D eigenvalue weighted by Gasteiger charge is -2.11. The molecule has 4 aromatic rings. The maximum absolute atomic E-state index is 13.3. The summed E-state index contributed by atoms with van der Waals surface area (Å²) in [7, 11) is 1.32. The molecule has 0 aliphatic heterocycles. The number of anilines is 1. The van der Waals surface area contributed by atoms with E-state index >= 15 is 0 Å². The molecule has 4 rings (SSSR count). The molecule has 0 bridgehead atoms. The fourth-order valence-electron chi connectivity index (χ4n) is 3.77. The van der Waals surface area contributed by atoms with Gasteiger partial charge in [-0.3, -0.25) is 4.79 Å². The van der Waals surface area contributed by atoms with E-state index in [1.807, 2.05) is 35.0 Å². The van der Waals surface area contributed by atoms with Crippen molar-refractivity contribution in [3.63, 3.8) is 0 Å². The smallest absolute Gasteiger partial charge is 0.416 e. The zero-order valence-corrected chi connectivity index (χ0v) is 21.2. The maximum atomic E-state index is 13.3. The molecule has 1 N–H and O–H groups in total. The van der Waals surface area contributed by atoms with Gasteiger partial charge in [-0.05, 0) is 47.5 Å². The van der Waals surface area contributed by atoms with Gasteiger partial charge in [0, 0.05) is 35.4 Å². The Hall–Kier alpha value is -3.49. The van der Waals surface area contributed by atoms with Gasteiger partial charge < -0.3 is 14.6 Å². The lowest BCUT2D eigenvalue weighted by atomic mass is 10.1. The van der Waals surface area contributed by atoms with Gasteiger partial charge in [0.15, 0.2) is 0 Å². The number of halogens is 5. The summed E-state index contributed by atoms with van der Waals surface area (Å²) in [5.74, 6) is 0.198. The zero-order chi connectivity index (χ0) is 26.6. The number of carbonyl (C=O) groups excluding carboxylic acids is 1. The molecule has 0 atom stereocenters. The number of rotatable bonds is 8. The SMILES string of the molecule is COC(=O)CNc1ccc(Cn2cc(-c3ccc(Cl)cc3Cl)nc2Cc2cccc(C(F)(F)F)c2)cc1. The van der Waals surface area contributed by atoms with Crippen LogP contribution in [0.4, 0.5) is 18.9 Å².